The molecule has 2 amide bonds. The van der Waals surface area contributed by atoms with Crippen LogP contribution in [0.3, 0.4) is 0 Å². The molecule has 196 valence electrons. The zero-order valence-corrected chi connectivity index (χ0v) is 22.6. The lowest BCUT2D eigenvalue weighted by molar-refractivity contribution is 0.0992. The van der Waals surface area contributed by atoms with E-state index in [0.29, 0.717) is 28.0 Å². The number of rotatable bonds is 4. The van der Waals surface area contributed by atoms with Gasteiger partial charge in [-0.05, 0) is 59.8 Å². The smallest absolute Gasteiger partial charge is 0.423 e. The molecule has 4 rings (SSSR count). The van der Waals surface area contributed by atoms with E-state index >= 15 is 0 Å². The summed E-state index contributed by atoms with van der Waals surface area (Å²) in [6, 6.07) is 25.5. The SMILES string of the molecule is Cc1c(-c2ccccc2)ccc(C(N)=O)c1N.Cc1c(Br)ccc(C(N)=O)c1N.OB(O)c1ccccc1. The Morgan fingerprint density at radius 3 is 1.58 bits per heavy atom. The Bertz CT molecular complexity index is 1400. The molecule has 0 saturated carbocycles. The highest BCUT2D eigenvalue weighted by atomic mass is 79.9. The van der Waals surface area contributed by atoms with Crippen LogP contribution in [0.4, 0.5) is 11.4 Å². The summed E-state index contributed by atoms with van der Waals surface area (Å²) >= 11 is 3.30. The minimum atomic E-state index is -1.34. The number of carbonyl (C=O) groups is 2. The average molecular weight is 577 g/mol. The summed E-state index contributed by atoms with van der Waals surface area (Å²) in [6.07, 6.45) is 0. The van der Waals surface area contributed by atoms with E-state index in [9.17, 15) is 9.59 Å². The minimum Gasteiger partial charge on any atom is -0.423 e. The minimum absolute atomic E-state index is 0.371. The van der Waals surface area contributed by atoms with Gasteiger partial charge in [-0.3, -0.25) is 9.59 Å². The van der Waals surface area contributed by atoms with E-state index in [1.165, 1.54) is 0 Å². The van der Waals surface area contributed by atoms with Crippen LogP contribution in [0.25, 0.3) is 11.1 Å². The number of hydrogen-bond acceptors (Lipinski definition) is 6. The molecule has 0 unspecified atom stereocenters. The third kappa shape index (κ3) is 7.94. The second-order valence-corrected chi connectivity index (χ2v) is 9.07. The molecule has 10 heteroatoms. The normalized spacial score (nSPS) is 9.82. The van der Waals surface area contributed by atoms with Crippen LogP contribution >= 0.6 is 15.9 Å². The fourth-order valence-electron chi connectivity index (χ4n) is 3.42. The second-order valence-electron chi connectivity index (χ2n) is 8.21. The number of carbonyl (C=O) groups excluding carboxylic acids is 2. The summed E-state index contributed by atoms with van der Waals surface area (Å²) in [5, 5.41) is 17.2. The standard InChI is InChI=1S/C14H14N2O.C8H9BrN2O.C6H7BO2/c1-9-11(10-5-3-2-4-6-10)7-8-12(13(9)15)14(16)17;1-4-6(9)3-2-5(7(4)10)8(11)12;8-7(9)6-4-2-1-3-5-6/h2-8H,15H2,1H3,(H2,16,17);2-3H,10H2,1H3,(H2,11,12);1-5,8-9H. The van der Waals surface area contributed by atoms with E-state index < -0.39 is 18.9 Å². The maximum Gasteiger partial charge on any atom is 0.488 e. The molecule has 8 nitrogen and oxygen atoms in total. The van der Waals surface area contributed by atoms with Crippen LogP contribution in [-0.2, 0) is 0 Å². The molecule has 4 aromatic rings. The van der Waals surface area contributed by atoms with Gasteiger partial charge in [-0.15, -0.1) is 0 Å². The summed E-state index contributed by atoms with van der Waals surface area (Å²) in [6.45, 7) is 3.72. The lowest BCUT2D eigenvalue weighted by Gasteiger charge is -2.11. The number of nitrogen functional groups attached to an aromatic ring is 2. The summed E-state index contributed by atoms with van der Waals surface area (Å²) in [5.74, 6) is -0.992. The second kappa shape index (κ2) is 14.0. The lowest BCUT2D eigenvalue weighted by atomic mass is 9.81. The highest BCUT2D eigenvalue weighted by Gasteiger charge is 2.12. The van der Waals surface area contributed by atoms with Gasteiger partial charge in [-0.2, -0.15) is 0 Å². The number of halogens is 1. The van der Waals surface area contributed by atoms with Crippen molar-refractivity contribution in [2.24, 2.45) is 11.5 Å². The zero-order valence-electron chi connectivity index (χ0n) is 21.1. The Morgan fingerprint density at radius 2 is 1.13 bits per heavy atom. The third-order valence-electron chi connectivity index (χ3n) is 5.68. The van der Waals surface area contributed by atoms with E-state index in [1.807, 2.05) is 56.3 Å². The van der Waals surface area contributed by atoms with Crippen molar-refractivity contribution < 1.29 is 19.6 Å². The molecule has 38 heavy (non-hydrogen) atoms. The Morgan fingerprint density at radius 1 is 0.684 bits per heavy atom. The molecule has 10 N–H and O–H groups in total. The van der Waals surface area contributed by atoms with Crippen LogP contribution in [0.5, 0.6) is 0 Å². The van der Waals surface area contributed by atoms with Gasteiger partial charge in [0.2, 0.25) is 0 Å². The van der Waals surface area contributed by atoms with Gasteiger partial charge in [0.1, 0.15) is 0 Å². The van der Waals surface area contributed by atoms with Crippen LogP contribution in [0, 0.1) is 13.8 Å². The molecular weight excluding hydrogens is 547 g/mol. The molecule has 0 radical (unpaired) electrons. The van der Waals surface area contributed by atoms with Gasteiger partial charge >= 0.3 is 7.12 Å². The molecule has 0 saturated heterocycles. The van der Waals surface area contributed by atoms with Crippen molar-refractivity contribution in [2.75, 3.05) is 11.5 Å². The van der Waals surface area contributed by atoms with Crippen molar-refractivity contribution in [3.8, 4) is 11.1 Å². The molecule has 0 fully saturated rings. The summed E-state index contributed by atoms with van der Waals surface area (Å²) in [4.78, 5) is 22.0. The summed E-state index contributed by atoms with van der Waals surface area (Å²) < 4.78 is 0.880. The van der Waals surface area contributed by atoms with E-state index in [1.54, 1.807) is 42.5 Å². The molecule has 0 bridgehead atoms. The Balaban J connectivity index is 0.000000212. The average Bonchev–Trinajstić information content (AvgIpc) is 2.90. The highest BCUT2D eigenvalue weighted by molar-refractivity contribution is 9.10. The monoisotopic (exact) mass is 576 g/mol. The molecule has 0 heterocycles. The fourth-order valence-corrected chi connectivity index (χ4v) is 3.76. The molecule has 0 spiro atoms. The van der Waals surface area contributed by atoms with Crippen LogP contribution < -0.4 is 28.4 Å². The Kier molecular flexibility index (Phi) is 11.1. The van der Waals surface area contributed by atoms with Crippen molar-refractivity contribution in [3.63, 3.8) is 0 Å². The maximum atomic E-state index is 11.2. The van der Waals surface area contributed by atoms with Crippen LogP contribution in [0.1, 0.15) is 31.8 Å². The van der Waals surface area contributed by atoms with Gasteiger partial charge < -0.3 is 33.0 Å². The van der Waals surface area contributed by atoms with Crippen LogP contribution in [0.15, 0.2) is 89.4 Å². The molecular formula is C28H30BBrN4O4. The summed E-state index contributed by atoms with van der Waals surface area (Å²) in [7, 11) is -1.34. The first kappa shape index (κ1) is 30.1. The zero-order chi connectivity index (χ0) is 28.4. The molecule has 0 atom stereocenters. The Labute approximate surface area is 230 Å². The highest BCUT2D eigenvalue weighted by Crippen LogP contribution is 2.29. The molecule has 0 aliphatic carbocycles. The topological polar surface area (TPSA) is 179 Å². The van der Waals surface area contributed by atoms with Gasteiger partial charge in [-0.1, -0.05) is 82.7 Å². The van der Waals surface area contributed by atoms with Gasteiger partial charge in [0.15, 0.2) is 0 Å². The van der Waals surface area contributed by atoms with Crippen LogP contribution in [-0.4, -0.2) is 29.0 Å². The van der Waals surface area contributed by atoms with Crippen molar-refractivity contribution in [2.45, 2.75) is 13.8 Å². The Hall–Kier alpha value is -4.12. The predicted octanol–water partition coefficient (Wildman–Crippen LogP) is 3.15. The fraction of sp³-hybridized carbons (Fsp3) is 0.0714. The number of anilines is 2. The third-order valence-corrected chi connectivity index (χ3v) is 6.54. The molecule has 0 aliphatic rings. The molecule has 4 aromatic carbocycles. The quantitative estimate of drug-likeness (QED) is 0.160. The van der Waals surface area contributed by atoms with Crippen molar-refractivity contribution >= 4 is 51.7 Å². The summed E-state index contributed by atoms with van der Waals surface area (Å²) in [5.41, 5.74) is 27.9. The first-order valence-electron chi connectivity index (χ1n) is 11.4. The van der Waals surface area contributed by atoms with E-state index in [4.69, 9.17) is 33.0 Å². The van der Waals surface area contributed by atoms with Gasteiger partial charge in [0.05, 0.1) is 11.1 Å². The van der Waals surface area contributed by atoms with E-state index in [-0.39, 0.29) is 0 Å². The number of hydrogen-bond donors (Lipinski definition) is 6. The largest absolute Gasteiger partial charge is 0.488 e. The first-order chi connectivity index (χ1) is 18.0. The number of nitrogens with two attached hydrogens (primary N) is 4. The van der Waals surface area contributed by atoms with Gasteiger partial charge in [-0.25, -0.2) is 0 Å². The first-order valence-corrected chi connectivity index (χ1v) is 12.2. The van der Waals surface area contributed by atoms with E-state index in [2.05, 4.69) is 15.9 Å². The molecule has 0 aliphatic heterocycles. The van der Waals surface area contributed by atoms with Crippen molar-refractivity contribution in [1.82, 2.24) is 0 Å². The van der Waals surface area contributed by atoms with Gasteiger partial charge in [0, 0.05) is 15.8 Å². The van der Waals surface area contributed by atoms with Gasteiger partial charge in [0.25, 0.3) is 11.8 Å². The molecule has 0 aromatic heterocycles. The van der Waals surface area contributed by atoms with E-state index in [0.717, 1.165) is 26.7 Å². The predicted molar refractivity (Wildman–Crippen MR) is 158 cm³/mol. The number of primary amides is 2. The maximum absolute atomic E-state index is 11.2. The van der Waals surface area contributed by atoms with Crippen LogP contribution in [0.2, 0.25) is 0 Å². The number of amides is 2. The van der Waals surface area contributed by atoms with Crippen molar-refractivity contribution in [3.05, 3.63) is 112 Å². The lowest BCUT2D eigenvalue weighted by Crippen LogP contribution is -2.29. The van der Waals surface area contributed by atoms with Crippen molar-refractivity contribution in [1.29, 1.82) is 0 Å². The number of benzene rings is 4.